The number of nitrogen functional groups attached to an aromatic ring is 1. The average Bonchev–Trinajstić information content (AvgIpc) is 2.05. The summed E-state index contributed by atoms with van der Waals surface area (Å²) in [5.74, 6) is 1.49. The summed E-state index contributed by atoms with van der Waals surface area (Å²) in [4.78, 5) is 8.20. The first-order valence-corrected chi connectivity index (χ1v) is 3.81. The van der Waals surface area contributed by atoms with Crippen LogP contribution in [-0.2, 0) is 0 Å². The fraction of sp³-hybridized carbons (Fsp3) is 0.500. The van der Waals surface area contributed by atoms with Crippen molar-refractivity contribution in [3.8, 4) is 5.88 Å². The number of rotatable bonds is 2. The van der Waals surface area contributed by atoms with Gasteiger partial charge >= 0.3 is 0 Å². The number of nitrogens with zero attached hydrogens (tertiary/aromatic N) is 2. The van der Waals surface area contributed by atoms with E-state index in [1.807, 2.05) is 13.8 Å². The summed E-state index contributed by atoms with van der Waals surface area (Å²) >= 11 is 0. The lowest BCUT2D eigenvalue weighted by Gasteiger charge is -2.06. The molecule has 1 heterocycles. The van der Waals surface area contributed by atoms with Crippen LogP contribution in [0.1, 0.15) is 25.6 Å². The summed E-state index contributed by atoms with van der Waals surface area (Å²) < 4.78 is 4.96. The number of ether oxygens (including phenoxy) is 1. The fourth-order valence-corrected chi connectivity index (χ4v) is 0.830. The number of hydrogen-bond donors (Lipinski definition) is 1. The number of methoxy groups -OCH3 is 1. The highest BCUT2D eigenvalue weighted by molar-refractivity contribution is 5.45. The van der Waals surface area contributed by atoms with Crippen molar-refractivity contribution in [2.75, 3.05) is 12.8 Å². The molecule has 2 N–H and O–H groups in total. The van der Waals surface area contributed by atoms with Crippen LogP contribution in [0, 0.1) is 0 Å². The van der Waals surface area contributed by atoms with Gasteiger partial charge in [-0.25, -0.2) is 4.98 Å². The van der Waals surface area contributed by atoms with E-state index < -0.39 is 0 Å². The van der Waals surface area contributed by atoms with Crippen LogP contribution in [0.25, 0.3) is 0 Å². The highest BCUT2D eigenvalue weighted by atomic mass is 16.5. The normalized spacial score (nSPS) is 10.3. The van der Waals surface area contributed by atoms with Gasteiger partial charge in [-0.15, -0.1) is 0 Å². The molecule has 0 spiro atoms. The summed E-state index contributed by atoms with van der Waals surface area (Å²) in [6.07, 6.45) is 1.57. The molecule has 0 aliphatic rings. The Kier molecular flexibility index (Phi) is 2.47. The molecule has 1 aromatic heterocycles. The van der Waals surface area contributed by atoms with Gasteiger partial charge in [0, 0.05) is 5.92 Å². The molecule has 0 bridgehead atoms. The maximum atomic E-state index is 5.55. The lowest BCUT2D eigenvalue weighted by Crippen LogP contribution is -2.02. The first-order chi connectivity index (χ1) is 5.65. The average molecular weight is 167 g/mol. The molecule has 1 rings (SSSR count). The van der Waals surface area contributed by atoms with E-state index in [9.17, 15) is 0 Å². The van der Waals surface area contributed by atoms with Crippen molar-refractivity contribution in [2.45, 2.75) is 19.8 Å². The maximum Gasteiger partial charge on any atom is 0.240 e. The van der Waals surface area contributed by atoms with Crippen molar-refractivity contribution in [1.29, 1.82) is 0 Å². The monoisotopic (exact) mass is 167 g/mol. The zero-order valence-corrected chi connectivity index (χ0v) is 7.53. The minimum absolute atomic E-state index is 0.291. The van der Waals surface area contributed by atoms with Crippen LogP contribution >= 0.6 is 0 Å². The van der Waals surface area contributed by atoms with E-state index in [0.717, 1.165) is 5.82 Å². The third-order valence-electron chi connectivity index (χ3n) is 1.51. The van der Waals surface area contributed by atoms with Crippen LogP contribution in [-0.4, -0.2) is 17.1 Å². The quantitative estimate of drug-likeness (QED) is 0.718. The molecule has 4 nitrogen and oxygen atoms in total. The summed E-state index contributed by atoms with van der Waals surface area (Å²) in [6.45, 7) is 4.04. The molecule has 0 saturated heterocycles. The Hall–Kier alpha value is -1.32. The molecule has 0 atom stereocenters. The minimum atomic E-state index is 0.291. The van der Waals surface area contributed by atoms with Crippen molar-refractivity contribution in [3.63, 3.8) is 0 Å². The Morgan fingerprint density at radius 1 is 1.50 bits per heavy atom. The van der Waals surface area contributed by atoms with Gasteiger partial charge in [0.15, 0.2) is 0 Å². The van der Waals surface area contributed by atoms with Gasteiger partial charge in [-0.2, -0.15) is 4.98 Å². The first-order valence-electron chi connectivity index (χ1n) is 3.81. The summed E-state index contributed by atoms with van der Waals surface area (Å²) in [5, 5.41) is 0. The smallest absolute Gasteiger partial charge is 0.240 e. The van der Waals surface area contributed by atoms with Crippen LogP contribution in [0.3, 0.4) is 0 Å². The van der Waals surface area contributed by atoms with E-state index in [2.05, 4.69) is 9.97 Å². The van der Waals surface area contributed by atoms with E-state index in [1.54, 1.807) is 13.3 Å². The molecule has 0 amide bonds. The van der Waals surface area contributed by atoms with E-state index in [1.165, 1.54) is 0 Å². The van der Waals surface area contributed by atoms with Gasteiger partial charge < -0.3 is 10.5 Å². The van der Waals surface area contributed by atoms with E-state index >= 15 is 0 Å². The largest absolute Gasteiger partial charge is 0.479 e. The molecule has 0 aliphatic carbocycles. The Labute approximate surface area is 71.8 Å². The zero-order chi connectivity index (χ0) is 9.14. The third kappa shape index (κ3) is 1.64. The van der Waals surface area contributed by atoms with Gasteiger partial charge in [0.2, 0.25) is 5.88 Å². The molecule has 0 saturated carbocycles. The van der Waals surface area contributed by atoms with E-state index in [4.69, 9.17) is 10.5 Å². The molecule has 0 fully saturated rings. The topological polar surface area (TPSA) is 61.0 Å². The Bertz CT molecular complexity index is 273. The van der Waals surface area contributed by atoms with Crippen molar-refractivity contribution in [1.82, 2.24) is 9.97 Å². The second kappa shape index (κ2) is 3.38. The molecule has 0 aromatic carbocycles. The molecule has 66 valence electrons. The highest BCUT2D eigenvalue weighted by Gasteiger charge is 2.06. The minimum Gasteiger partial charge on any atom is -0.479 e. The van der Waals surface area contributed by atoms with E-state index in [-0.39, 0.29) is 0 Å². The lowest BCUT2D eigenvalue weighted by atomic mass is 10.2. The SMILES string of the molecule is COc1nc(C(C)C)ncc1N. The van der Waals surface area contributed by atoms with Crippen LogP contribution in [0.5, 0.6) is 5.88 Å². The van der Waals surface area contributed by atoms with Crippen molar-refractivity contribution in [2.24, 2.45) is 0 Å². The van der Waals surface area contributed by atoms with Crippen molar-refractivity contribution < 1.29 is 4.74 Å². The third-order valence-corrected chi connectivity index (χ3v) is 1.51. The lowest BCUT2D eigenvalue weighted by molar-refractivity contribution is 0.396. The molecular weight excluding hydrogens is 154 g/mol. The van der Waals surface area contributed by atoms with Gasteiger partial charge in [-0.1, -0.05) is 13.8 Å². The predicted molar refractivity (Wildman–Crippen MR) is 47.1 cm³/mol. The second-order valence-electron chi connectivity index (χ2n) is 2.85. The zero-order valence-electron chi connectivity index (χ0n) is 7.53. The summed E-state index contributed by atoms with van der Waals surface area (Å²) in [5.41, 5.74) is 6.02. The highest BCUT2D eigenvalue weighted by Crippen LogP contribution is 2.18. The second-order valence-corrected chi connectivity index (χ2v) is 2.85. The molecule has 1 aromatic rings. The number of anilines is 1. The van der Waals surface area contributed by atoms with Gasteiger partial charge in [-0.05, 0) is 0 Å². The number of hydrogen-bond acceptors (Lipinski definition) is 4. The van der Waals surface area contributed by atoms with Crippen molar-refractivity contribution >= 4 is 5.69 Å². The maximum absolute atomic E-state index is 5.55. The van der Waals surface area contributed by atoms with Crippen molar-refractivity contribution in [3.05, 3.63) is 12.0 Å². The molecule has 0 radical (unpaired) electrons. The molecule has 4 heteroatoms. The first kappa shape index (κ1) is 8.77. The van der Waals surface area contributed by atoms with Gasteiger partial charge in [-0.3, -0.25) is 0 Å². The van der Waals surface area contributed by atoms with E-state index in [0.29, 0.717) is 17.5 Å². The van der Waals surface area contributed by atoms with Gasteiger partial charge in [0.25, 0.3) is 0 Å². The fourth-order valence-electron chi connectivity index (χ4n) is 0.830. The summed E-state index contributed by atoms with van der Waals surface area (Å²) in [7, 11) is 1.54. The van der Waals surface area contributed by atoms with Crippen LogP contribution in [0.4, 0.5) is 5.69 Å². The standard InChI is InChI=1S/C8H13N3O/c1-5(2)7-10-4-6(9)8(11-7)12-3/h4-5H,9H2,1-3H3. The Morgan fingerprint density at radius 2 is 2.17 bits per heavy atom. The molecule has 0 unspecified atom stereocenters. The Morgan fingerprint density at radius 3 is 2.67 bits per heavy atom. The molecular formula is C8H13N3O. The number of nitrogens with two attached hydrogens (primary N) is 1. The van der Waals surface area contributed by atoms with Gasteiger partial charge in [0.1, 0.15) is 11.5 Å². The van der Waals surface area contributed by atoms with Gasteiger partial charge in [0.05, 0.1) is 13.3 Å². The van der Waals surface area contributed by atoms with Crippen LogP contribution < -0.4 is 10.5 Å². The molecule has 12 heavy (non-hydrogen) atoms. The Balaban J connectivity index is 3.05. The number of aromatic nitrogens is 2. The summed E-state index contributed by atoms with van der Waals surface area (Å²) in [6, 6.07) is 0. The predicted octanol–water partition coefficient (Wildman–Crippen LogP) is 1.19. The van der Waals surface area contributed by atoms with Crippen LogP contribution in [0.15, 0.2) is 6.20 Å². The molecule has 0 aliphatic heterocycles. The van der Waals surface area contributed by atoms with Crippen LogP contribution in [0.2, 0.25) is 0 Å².